The van der Waals surface area contributed by atoms with E-state index < -0.39 is 15.6 Å². The van der Waals surface area contributed by atoms with Gasteiger partial charge in [0.2, 0.25) is 15.9 Å². The van der Waals surface area contributed by atoms with Gasteiger partial charge in [-0.3, -0.25) is 14.2 Å². The minimum atomic E-state index is -3.84. The predicted octanol–water partition coefficient (Wildman–Crippen LogP) is 2.35. The number of nitrogens with zero attached hydrogens (tertiary/aromatic N) is 3. The second kappa shape index (κ2) is 8.76. The van der Waals surface area contributed by atoms with Gasteiger partial charge in [-0.05, 0) is 38.5 Å². The summed E-state index contributed by atoms with van der Waals surface area (Å²) < 4.78 is 29.7. The highest BCUT2D eigenvalue weighted by Crippen LogP contribution is 2.35. The zero-order chi connectivity index (χ0) is 22.2. The van der Waals surface area contributed by atoms with Gasteiger partial charge in [0, 0.05) is 24.0 Å². The van der Waals surface area contributed by atoms with Gasteiger partial charge in [0.05, 0.1) is 11.7 Å². The lowest BCUT2D eigenvalue weighted by molar-refractivity contribution is -0.122. The number of hydrogen-bond acceptors (Lipinski definition) is 6. The quantitative estimate of drug-likeness (QED) is 0.722. The van der Waals surface area contributed by atoms with E-state index in [0.29, 0.717) is 22.8 Å². The summed E-state index contributed by atoms with van der Waals surface area (Å²) in [4.78, 5) is 30.7. The number of rotatable bonds is 6. The van der Waals surface area contributed by atoms with Crippen LogP contribution in [0, 0.1) is 18.8 Å². The molecule has 1 amide bonds. The van der Waals surface area contributed by atoms with E-state index in [1.807, 2.05) is 27.7 Å². The number of nitrogens with one attached hydrogen (secondary N) is 1. The lowest BCUT2D eigenvalue weighted by Crippen LogP contribution is -2.43. The van der Waals surface area contributed by atoms with Gasteiger partial charge >= 0.3 is 0 Å². The molecule has 1 fully saturated rings. The van der Waals surface area contributed by atoms with Crippen LogP contribution in [0.2, 0.25) is 0 Å². The van der Waals surface area contributed by atoms with Crippen molar-refractivity contribution in [1.82, 2.24) is 19.2 Å². The number of carbonyl (C=O) groups excluding carboxylic acids is 1. The SMILES string of the molecule is CC[C@H](C)NC(=O)Cn1cnc2sc(C)c(S(=O)(=O)N3C[C@H](C)C[C@H](C)C3)c2c1=O. The largest absolute Gasteiger partial charge is 0.352 e. The highest BCUT2D eigenvalue weighted by atomic mass is 32.2. The standard InChI is InChI=1S/C20H30N4O4S2/c1-6-14(4)22-16(25)10-23-11-21-19-17(20(23)26)18(15(5)29-19)30(27,28)24-8-12(2)7-13(3)9-24/h11-14H,6-10H2,1-5H3,(H,22,25)/t12-,13+,14-/m0/s1. The van der Waals surface area contributed by atoms with Crippen LogP contribution >= 0.6 is 11.3 Å². The van der Waals surface area contributed by atoms with E-state index in [2.05, 4.69) is 10.3 Å². The summed E-state index contributed by atoms with van der Waals surface area (Å²) in [6.07, 6.45) is 3.07. The molecular formula is C20H30N4O4S2. The average molecular weight is 455 g/mol. The van der Waals surface area contributed by atoms with Crippen molar-refractivity contribution < 1.29 is 13.2 Å². The Labute approximate surface area is 181 Å². The topological polar surface area (TPSA) is 101 Å². The summed E-state index contributed by atoms with van der Waals surface area (Å²) in [6.45, 7) is 10.3. The van der Waals surface area contributed by atoms with Crippen LogP contribution in [0.1, 0.15) is 45.4 Å². The maximum atomic E-state index is 13.5. The molecule has 0 saturated carbocycles. The number of amides is 1. The second-order valence-electron chi connectivity index (χ2n) is 8.49. The van der Waals surface area contributed by atoms with Crippen LogP contribution in [0.3, 0.4) is 0 Å². The van der Waals surface area contributed by atoms with Gasteiger partial charge in [0.15, 0.2) is 0 Å². The van der Waals surface area contributed by atoms with Crippen LogP contribution in [0.4, 0.5) is 0 Å². The van der Waals surface area contributed by atoms with E-state index in [-0.39, 0.29) is 40.6 Å². The maximum absolute atomic E-state index is 13.5. The number of piperidine rings is 1. The Kier molecular flexibility index (Phi) is 6.69. The number of aromatic nitrogens is 2. The zero-order valence-corrected chi connectivity index (χ0v) is 19.8. The van der Waals surface area contributed by atoms with Crippen molar-refractivity contribution in [2.24, 2.45) is 11.8 Å². The first kappa shape index (κ1) is 22.9. The fraction of sp³-hybridized carbons (Fsp3) is 0.650. The first-order chi connectivity index (χ1) is 14.0. The van der Waals surface area contributed by atoms with Gasteiger partial charge in [0.1, 0.15) is 16.3 Å². The zero-order valence-electron chi connectivity index (χ0n) is 18.1. The van der Waals surface area contributed by atoms with Gasteiger partial charge < -0.3 is 5.32 Å². The van der Waals surface area contributed by atoms with Gasteiger partial charge in [-0.15, -0.1) is 11.3 Å². The molecule has 1 aliphatic rings. The highest BCUT2D eigenvalue weighted by Gasteiger charge is 2.35. The fourth-order valence-electron chi connectivity index (χ4n) is 4.04. The summed E-state index contributed by atoms with van der Waals surface area (Å²) in [6, 6.07) is -0.00713. The Morgan fingerprint density at radius 2 is 1.97 bits per heavy atom. The third-order valence-corrected chi connectivity index (χ3v) is 8.71. The van der Waals surface area contributed by atoms with Crippen molar-refractivity contribution in [2.75, 3.05) is 13.1 Å². The summed E-state index contributed by atoms with van der Waals surface area (Å²) in [5.74, 6) is 0.211. The molecule has 0 bridgehead atoms. The van der Waals surface area contributed by atoms with Gasteiger partial charge in [0.25, 0.3) is 5.56 Å². The number of carbonyl (C=O) groups is 1. The molecule has 0 radical (unpaired) electrons. The summed E-state index contributed by atoms with van der Waals surface area (Å²) in [5, 5.41) is 2.90. The molecule has 0 unspecified atom stereocenters. The number of aryl methyl sites for hydroxylation is 1. The highest BCUT2D eigenvalue weighted by molar-refractivity contribution is 7.89. The Hall–Kier alpha value is -1.78. The molecule has 0 aromatic carbocycles. The van der Waals surface area contributed by atoms with E-state index >= 15 is 0 Å². The molecule has 1 aliphatic heterocycles. The molecule has 2 aromatic heterocycles. The molecule has 2 aromatic rings. The summed E-state index contributed by atoms with van der Waals surface area (Å²) in [7, 11) is -3.84. The Morgan fingerprint density at radius 1 is 1.33 bits per heavy atom. The number of sulfonamides is 1. The van der Waals surface area contributed by atoms with Crippen LogP contribution in [0.15, 0.2) is 16.0 Å². The van der Waals surface area contributed by atoms with Crippen molar-refractivity contribution in [2.45, 2.75) is 64.9 Å². The molecule has 10 heteroatoms. The maximum Gasteiger partial charge on any atom is 0.263 e. The van der Waals surface area contributed by atoms with Crippen LogP contribution in [0.5, 0.6) is 0 Å². The Morgan fingerprint density at radius 3 is 2.57 bits per heavy atom. The summed E-state index contributed by atoms with van der Waals surface area (Å²) in [5.41, 5.74) is -0.500. The Bertz CT molecular complexity index is 1100. The smallest absolute Gasteiger partial charge is 0.263 e. The van der Waals surface area contributed by atoms with E-state index in [4.69, 9.17) is 0 Å². The molecule has 1 saturated heterocycles. The molecular weight excluding hydrogens is 424 g/mol. The normalized spacial score (nSPS) is 21.6. The van der Waals surface area contributed by atoms with Crippen molar-refractivity contribution in [3.8, 4) is 0 Å². The third-order valence-electron chi connectivity index (χ3n) is 5.57. The summed E-state index contributed by atoms with van der Waals surface area (Å²) >= 11 is 1.20. The molecule has 1 N–H and O–H groups in total. The lowest BCUT2D eigenvalue weighted by atomic mass is 9.94. The van der Waals surface area contributed by atoms with Gasteiger partial charge in [-0.1, -0.05) is 20.8 Å². The molecule has 166 valence electrons. The first-order valence-electron chi connectivity index (χ1n) is 10.3. The molecule has 0 aliphatic carbocycles. The first-order valence-corrected chi connectivity index (χ1v) is 12.6. The van der Waals surface area contributed by atoms with E-state index in [1.165, 1.54) is 26.5 Å². The van der Waals surface area contributed by atoms with Crippen molar-refractivity contribution >= 4 is 37.5 Å². The van der Waals surface area contributed by atoms with E-state index in [1.54, 1.807) is 6.92 Å². The average Bonchev–Trinajstić information content (AvgIpc) is 3.00. The molecule has 3 rings (SSSR count). The molecule has 8 nitrogen and oxygen atoms in total. The second-order valence-corrected chi connectivity index (χ2v) is 11.6. The number of fused-ring (bicyclic) bond motifs is 1. The predicted molar refractivity (Wildman–Crippen MR) is 118 cm³/mol. The van der Waals surface area contributed by atoms with Crippen molar-refractivity contribution in [1.29, 1.82) is 0 Å². The minimum absolute atomic E-state index is 0.00713. The van der Waals surface area contributed by atoms with Crippen molar-refractivity contribution in [3.63, 3.8) is 0 Å². The van der Waals surface area contributed by atoms with Crippen LogP contribution < -0.4 is 10.9 Å². The molecule has 3 heterocycles. The molecule has 30 heavy (non-hydrogen) atoms. The van der Waals surface area contributed by atoms with Gasteiger partial charge in [-0.25, -0.2) is 13.4 Å². The molecule has 3 atom stereocenters. The minimum Gasteiger partial charge on any atom is -0.352 e. The van der Waals surface area contributed by atoms with Crippen LogP contribution in [-0.2, 0) is 21.4 Å². The lowest BCUT2D eigenvalue weighted by Gasteiger charge is -2.34. The van der Waals surface area contributed by atoms with Crippen LogP contribution in [0.25, 0.3) is 10.2 Å². The third kappa shape index (κ3) is 4.45. The van der Waals surface area contributed by atoms with Gasteiger partial charge in [-0.2, -0.15) is 4.31 Å². The van der Waals surface area contributed by atoms with Crippen molar-refractivity contribution in [3.05, 3.63) is 21.6 Å². The fourth-order valence-corrected chi connectivity index (χ4v) is 7.39. The Balaban J connectivity index is 2.04. The monoisotopic (exact) mass is 454 g/mol. The van der Waals surface area contributed by atoms with Crippen LogP contribution in [-0.4, -0.2) is 47.3 Å². The van der Waals surface area contributed by atoms with E-state index in [9.17, 15) is 18.0 Å². The number of hydrogen-bond donors (Lipinski definition) is 1. The number of thiophene rings is 1. The molecule has 0 spiro atoms. The van der Waals surface area contributed by atoms with E-state index in [0.717, 1.165) is 12.8 Å².